The molecular formula is C22H32O. The number of allylic oxidation sites excluding steroid dienone is 13. The largest absolute Gasteiger partial charge is 0.392 e. The van der Waals surface area contributed by atoms with E-state index in [0.29, 0.717) is 0 Å². The van der Waals surface area contributed by atoms with Crippen molar-refractivity contribution in [3.8, 4) is 0 Å². The molecule has 1 heteroatoms. The minimum Gasteiger partial charge on any atom is -0.392 e. The molecule has 0 radical (unpaired) electrons. The molecule has 0 amide bonds. The highest BCUT2D eigenvalue weighted by Gasteiger charge is 1.87. The topological polar surface area (TPSA) is 20.2 Å². The summed E-state index contributed by atoms with van der Waals surface area (Å²) in [6, 6.07) is 0. The minimum absolute atomic E-state index is 0.0819. The van der Waals surface area contributed by atoms with Crippen LogP contribution in [-0.2, 0) is 0 Å². The van der Waals surface area contributed by atoms with Gasteiger partial charge in [-0.1, -0.05) is 83.1 Å². The van der Waals surface area contributed by atoms with Gasteiger partial charge in [-0.25, -0.2) is 0 Å². The van der Waals surface area contributed by atoms with Crippen molar-refractivity contribution in [3.63, 3.8) is 0 Å². The van der Waals surface area contributed by atoms with Crippen LogP contribution >= 0.6 is 0 Å². The van der Waals surface area contributed by atoms with E-state index in [1.807, 2.05) is 25.2 Å². The number of hydrogen-bond acceptors (Lipinski definition) is 1. The zero-order valence-corrected chi connectivity index (χ0v) is 15.3. The third kappa shape index (κ3) is 14.8. The highest BCUT2D eigenvalue weighted by molar-refractivity contribution is 5.29. The fourth-order valence-corrected chi connectivity index (χ4v) is 1.78. The Labute approximate surface area is 142 Å². The summed E-state index contributed by atoms with van der Waals surface area (Å²) in [4.78, 5) is 0. The molecule has 0 heterocycles. The molecule has 0 saturated heterocycles. The lowest BCUT2D eigenvalue weighted by Crippen LogP contribution is -1.76. The first-order valence-electron chi connectivity index (χ1n) is 8.22. The molecule has 0 aliphatic heterocycles. The van der Waals surface area contributed by atoms with Crippen molar-refractivity contribution in [2.24, 2.45) is 0 Å². The number of rotatable bonds is 9. The van der Waals surface area contributed by atoms with Crippen LogP contribution in [0, 0.1) is 0 Å². The highest BCUT2D eigenvalue weighted by atomic mass is 16.2. The zero-order valence-electron chi connectivity index (χ0n) is 15.3. The molecule has 0 aromatic rings. The molecule has 0 aliphatic carbocycles. The number of aliphatic hydroxyl groups is 1. The summed E-state index contributed by atoms with van der Waals surface area (Å²) in [5.41, 5.74) is 5.15. The number of hydrogen-bond donors (Lipinski definition) is 1. The molecule has 0 rings (SSSR count). The van der Waals surface area contributed by atoms with Gasteiger partial charge in [0.2, 0.25) is 0 Å². The Morgan fingerprint density at radius 2 is 1.35 bits per heavy atom. The lowest BCUT2D eigenvalue weighted by molar-refractivity contribution is 0.343. The summed E-state index contributed by atoms with van der Waals surface area (Å²) in [5.74, 6) is 0. The smallest absolute Gasteiger partial charge is 0.0615 e. The first-order valence-corrected chi connectivity index (χ1v) is 8.22. The molecule has 0 aromatic carbocycles. The summed E-state index contributed by atoms with van der Waals surface area (Å²) in [7, 11) is 0. The van der Waals surface area contributed by atoms with Gasteiger partial charge in [0.05, 0.1) is 6.61 Å². The van der Waals surface area contributed by atoms with Crippen molar-refractivity contribution in [1.29, 1.82) is 0 Å². The second-order valence-electron chi connectivity index (χ2n) is 5.98. The summed E-state index contributed by atoms with van der Waals surface area (Å²) >= 11 is 0. The summed E-state index contributed by atoms with van der Waals surface area (Å²) < 4.78 is 0. The van der Waals surface area contributed by atoms with Crippen LogP contribution in [0.2, 0.25) is 0 Å². The van der Waals surface area contributed by atoms with Crippen molar-refractivity contribution in [2.75, 3.05) is 6.61 Å². The van der Waals surface area contributed by atoms with E-state index in [-0.39, 0.29) is 6.61 Å². The molecule has 1 nitrogen and oxygen atoms in total. The second kappa shape index (κ2) is 13.8. The van der Waals surface area contributed by atoms with Crippen LogP contribution in [-0.4, -0.2) is 11.7 Å². The molecule has 0 unspecified atom stereocenters. The van der Waals surface area contributed by atoms with Crippen molar-refractivity contribution in [3.05, 3.63) is 83.1 Å². The Bertz CT molecular complexity index is 530. The van der Waals surface area contributed by atoms with Gasteiger partial charge in [-0.3, -0.25) is 0 Å². The van der Waals surface area contributed by atoms with E-state index in [9.17, 15) is 0 Å². The molecule has 0 aromatic heterocycles. The molecule has 1 N–H and O–H groups in total. The molecule has 0 aliphatic rings. The maximum absolute atomic E-state index is 8.66. The Morgan fingerprint density at radius 3 is 1.91 bits per heavy atom. The van der Waals surface area contributed by atoms with Crippen LogP contribution < -0.4 is 0 Å². The summed E-state index contributed by atoms with van der Waals surface area (Å²) in [6.07, 6.45) is 22.7. The van der Waals surface area contributed by atoms with Crippen LogP contribution in [0.15, 0.2) is 83.1 Å². The van der Waals surface area contributed by atoms with Gasteiger partial charge in [0.25, 0.3) is 0 Å². The Balaban J connectivity index is 4.40. The lowest BCUT2D eigenvalue weighted by Gasteiger charge is -1.96. The van der Waals surface area contributed by atoms with Crippen LogP contribution in [0.4, 0.5) is 0 Å². The van der Waals surface area contributed by atoms with Gasteiger partial charge < -0.3 is 5.11 Å². The van der Waals surface area contributed by atoms with Gasteiger partial charge >= 0.3 is 0 Å². The van der Waals surface area contributed by atoms with Crippen LogP contribution in [0.3, 0.4) is 0 Å². The van der Waals surface area contributed by atoms with Crippen LogP contribution in [0.1, 0.15) is 47.5 Å². The van der Waals surface area contributed by atoms with Crippen molar-refractivity contribution < 1.29 is 5.11 Å². The first-order chi connectivity index (χ1) is 11.0. The standard InChI is InChI=1S/C22H32O/c1-19(2)11-8-13-21(4)15-10-17-22(5)16-9-14-20(3)12-6-7-18-23/h6-7,9-12,14-17,23H,8,13,18H2,1-5H3/b7-6+,14-9+,17-10+,20-12+,21-15+,22-16+. The van der Waals surface area contributed by atoms with Gasteiger partial charge in [0.15, 0.2) is 0 Å². The van der Waals surface area contributed by atoms with Crippen molar-refractivity contribution in [1.82, 2.24) is 0 Å². The SMILES string of the molecule is CC(C)=CCC/C(C)=C/C=C/C(C)=C/C=C/C(C)=C/C=C/CO. The second-order valence-corrected chi connectivity index (χ2v) is 5.98. The van der Waals surface area contributed by atoms with Gasteiger partial charge in [0.1, 0.15) is 0 Å². The van der Waals surface area contributed by atoms with Crippen molar-refractivity contribution >= 4 is 0 Å². The van der Waals surface area contributed by atoms with Gasteiger partial charge in [-0.2, -0.15) is 0 Å². The number of aliphatic hydroxyl groups excluding tert-OH is 1. The third-order valence-corrected chi connectivity index (χ3v) is 3.15. The monoisotopic (exact) mass is 312 g/mol. The molecule has 0 atom stereocenters. The predicted octanol–water partition coefficient (Wildman–Crippen LogP) is 6.23. The van der Waals surface area contributed by atoms with Crippen LogP contribution in [0.25, 0.3) is 0 Å². The Morgan fingerprint density at radius 1 is 0.783 bits per heavy atom. The average Bonchev–Trinajstić information content (AvgIpc) is 2.47. The van der Waals surface area contributed by atoms with E-state index in [0.717, 1.165) is 18.4 Å². The quantitative estimate of drug-likeness (QED) is 0.395. The first kappa shape index (κ1) is 21.1. The normalized spacial score (nSPS) is 14.4. The van der Waals surface area contributed by atoms with E-state index in [2.05, 4.69) is 64.2 Å². The predicted molar refractivity (Wildman–Crippen MR) is 104 cm³/mol. The van der Waals surface area contributed by atoms with E-state index in [1.165, 1.54) is 16.7 Å². The van der Waals surface area contributed by atoms with E-state index in [4.69, 9.17) is 5.11 Å². The maximum Gasteiger partial charge on any atom is 0.0615 e. The molecular weight excluding hydrogens is 280 g/mol. The molecule has 23 heavy (non-hydrogen) atoms. The van der Waals surface area contributed by atoms with Gasteiger partial charge in [0, 0.05) is 0 Å². The summed E-state index contributed by atoms with van der Waals surface area (Å²) in [5, 5.41) is 8.66. The van der Waals surface area contributed by atoms with E-state index >= 15 is 0 Å². The molecule has 0 bridgehead atoms. The van der Waals surface area contributed by atoms with Gasteiger partial charge in [-0.15, -0.1) is 0 Å². The fraction of sp³-hybridized carbons (Fsp3) is 0.364. The minimum atomic E-state index is 0.0819. The van der Waals surface area contributed by atoms with E-state index < -0.39 is 0 Å². The van der Waals surface area contributed by atoms with Crippen molar-refractivity contribution in [2.45, 2.75) is 47.5 Å². The molecule has 0 spiro atoms. The lowest BCUT2D eigenvalue weighted by atomic mass is 10.1. The Kier molecular flexibility index (Phi) is 12.7. The van der Waals surface area contributed by atoms with Gasteiger partial charge in [-0.05, 0) is 47.5 Å². The molecule has 126 valence electrons. The highest BCUT2D eigenvalue weighted by Crippen LogP contribution is 2.07. The average molecular weight is 312 g/mol. The maximum atomic E-state index is 8.66. The summed E-state index contributed by atoms with van der Waals surface area (Å²) in [6.45, 7) is 10.7. The zero-order chi connectivity index (χ0) is 17.5. The molecule has 0 saturated carbocycles. The fourth-order valence-electron chi connectivity index (χ4n) is 1.78. The molecule has 0 fully saturated rings. The van der Waals surface area contributed by atoms with E-state index in [1.54, 1.807) is 6.08 Å². The third-order valence-electron chi connectivity index (χ3n) is 3.15. The Hall–Kier alpha value is -1.86. The van der Waals surface area contributed by atoms with Crippen LogP contribution in [0.5, 0.6) is 0 Å².